The molecular formula is C23H22N2O3S. The van der Waals surface area contributed by atoms with Crippen LogP contribution in [0.5, 0.6) is 5.75 Å². The van der Waals surface area contributed by atoms with Gasteiger partial charge in [-0.3, -0.25) is 4.98 Å². The second kappa shape index (κ2) is 9.85. The van der Waals surface area contributed by atoms with Crippen molar-refractivity contribution in [1.82, 2.24) is 4.98 Å². The largest absolute Gasteiger partial charge is 0.493 e. The van der Waals surface area contributed by atoms with Crippen molar-refractivity contribution in [1.29, 1.82) is 0 Å². The van der Waals surface area contributed by atoms with Crippen molar-refractivity contribution in [3.8, 4) is 18.1 Å². The van der Waals surface area contributed by atoms with Crippen LogP contribution >= 0.6 is 11.8 Å². The van der Waals surface area contributed by atoms with Gasteiger partial charge in [0.1, 0.15) is 5.75 Å². The SMILES string of the molecule is C#C/C=C(\C=C/C)Sc1ccc2c(c1)OCCC2CNc1cnccc1C(=O)O. The zero-order valence-corrected chi connectivity index (χ0v) is 16.9. The molecule has 1 aromatic heterocycles. The van der Waals surface area contributed by atoms with Crippen molar-refractivity contribution in [2.45, 2.75) is 24.2 Å². The summed E-state index contributed by atoms with van der Waals surface area (Å²) in [5.41, 5.74) is 1.86. The maximum absolute atomic E-state index is 11.4. The highest BCUT2D eigenvalue weighted by Gasteiger charge is 2.22. The number of carboxylic acids is 1. The molecule has 1 atom stereocenters. The number of ether oxygens (including phenoxy) is 1. The average molecular weight is 407 g/mol. The lowest BCUT2D eigenvalue weighted by molar-refractivity contribution is 0.0697. The maximum Gasteiger partial charge on any atom is 0.337 e. The van der Waals surface area contributed by atoms with E-state index in [-0.39, 0.29) is 11.5 Å². The predicted octanol–water partition coefficient (Wildman–Crippen LogP) is 4.94. The van der Waals surface area contributed by atoms with Gasteiger partial charge in [-0.1, -0.05) is 35.9 Å². The molecule has 0 radical (unpaired) electrons. The van der Waals surface area contributed by atoms with Gasteiger partial charge in [0.15, 0.2) is 0 Å². The smallest absolute Gasteiger partial charge is 0.337 e. The van der Waals surface area contributed by atoms with Crippen LogP contribution in [0.1, 0.15) is 35.2 Å². The summed E-state index contributed by atoms with van der Waals surface area (Å²) < 4.78 is 5.88. The number of hydrogen-bond donors (Lipinski definition) is 2. The van der Waals surface area contributed by atoms with E-state index < -0.39 is 5.97 Å². The summed E-state index contributed by atoms with van der Waals surface area (Å²) in [5, 5.41) is 12.6. The minimum absolute atomic E-state index is 0.218. The number of rotatable bonds is 7. The summed E-state index contributed by atoms with van der Waals surface area (Å²) in [4.78, 5) is 17.4. The summed E-state index contributed by atoms with van der Waals surface area (Å²) in [6.45, 7) is 3.18. The van der Waals surface area contributed by atoms with Gasteiger partial charge in [-0.2, -0.15) is 0 Å². The lowest BCUT2D eigenvalue weighted by Gasteiger charge is -2.27. The Bertz CT molecular complexity index is 992. The van der Waals surface area contributed by atoms with Crippen LogP contribution in [0.15, 0.2) is 64.7 Å². The number of fused-ring (bicyclic) bond motifs is 1. The Morgan fingerprint density at radius 2 is 2.34 bits per heavy atom. The van der Waals surface area contributed by atoms with Crippen molar-refractivity contribution >= 4 is 23.4 Å². The van der Waals surface area contributed by atoms with Gasteiger partial charge < -0.3 is 15.2 Å². The fourth-order valence-electron chi connectivity index (χ4n) is 3.17. The van der Waals surface area contributed by atoms with Crippen LogP contribution in [-0.2, 0) is 0 Å². The number of terminal acetylenes is 1. The molecule has 1 unspecified atom stereocenters. The molecule has 0 amide bonds. The number of benzene rings is 1. The Morgan fingerprint density at radius 3 is 3.10 bits per heavy atom. The summed E-state index contributed by atoms with van der Waals surface area (Å²) in [7, 11) is 0. The Labute approximate surface area is 174 Å². The molecule has 0 aliphatic carbocycles. The van der Waals surface area contributed by atoms with E-state index in [4.69, 9.17) is 11.2 Å². The van der Waals surface area contributed by atoms with E-state index in [1.54, 1.807) is 24.0 Å². The van der Waals surface area contributed by atoms with E-state index >= 15 is 0 Å². The summed E-state index contributed by atoms with van der Waals surface area (Å²) in [6, 6.07) is 7.67. The normalized spacial score (nSPS) is 16.0. The third kappa shape index (κ3) is 5.21. The zero-order chi connectivity index (χ0) is 20.6. The van der Waals surface area contributed by atoms with Gasteiger partial charge in [0.2, 0.25) is 0 Å². The number of nitrogens with one attached hydrogen (secondary N) is 1. The van der Waals surface area contributed by atoms with Crippen LogP contribution in [0.2, 0.25) is 0 Å². The highest BCUT2D eigenvalue weighted by Crippen LogP contribution is 2.38. The number of pyridine rings is 1. The monoisotopic (exact) mass is 406 g/mol. The average Bonchev–Trinajstić information content (AvgIpc) is 2.72. The Kier molecular flexibility index (Phi) is 6.99. The van der Waals surface area contributed by atoms with Gasteiger partial charge in [-0.25, -0.2) is 4.79 Å². The molecule has 3 rings (SSSR count). The lowest BCUT2D eigenvalue weighted by Crippen LogP contribution is -2.21. The molecule has 0 bridgehead atoms. The van der Waals surface area contributed by atoms with Crippen LogP contribution in [0.4, 0.5) is 5.69 Å². The Morgan fingerprint density at radius 1 is 1.48 bits per heavy atom. The molecule has 1 aliphatic rings. The highest BCUT2D eigenvalue weighted by molar-refractivity contribution is 8.03. The topological polar surface area (TPSA) is 71.5 Å². The van der Waals surface area contributed by atoms with Gasteiger partial charge >= 0.3 is 5.97 Å². The van der Waals surface area contributed by atoms with Gasteiger partial charge in [0, 0.05) is 34.5 Å². The number of carbonyl (C=O) groups is 1. The molecule has 29 heavy (non-hydrogen) atoms. The molecule has 0 saturated carbocycles. The van der Waals surface area contributed by atoms with Crippen LogP contribution < -0.4 is 10.1 Å². The molecule has 1 aromatic carbocycles. The van der Waals surface area contributed by atoms with E-state index in [9.17, 15) is 9.90 Å². The molecule has 2 aromatic rings. The first kappa shape index (κ1) is 20.6. The van der Waals surface area contributed by atoms with E-state index in [1.807, 2.05) is 25.1 Å². The van der Waals surface area contributed by atoms with Gasteiger partial charge in [0.25, 0.3) is 0 Å². The van der Waals surface area contributed by atoms with E-state index in [1.165, 1.54) is 12.3 Å². The summed E-state index contributed by atoms with van der Waals surface area (Å²) in [6.07, 6.45) is 15.0. The van der Waals surface area contributed by atoms with Crippen LogP contribution in [-0.4, -0.2) is 29.2 Å². The van der Waals surface area contributed by atoms with E-state index in [2.05, 4.69) is 28.4 Å². The van der Waals surface area contributed by atoms with Crippen LogP contribution in [0, 0.1) is 12.3 Å². The lowest BCUT2D eigenvalue weighted by atomic mass is 9.93. The molecule has 2 N–H and O–H groups in total. The third-order valence-corrected chi connectivity index (χ3v) is 5.51. The van der Waals surface area contributed by atoms with Crippen molar-refractivity contribution in [3.05, 3.63) is 70.9 Å². The van der Waals surface area contributed by atoms with Crippen LogP contribution in [0.3, 0.4) is 0 Å². The fourth-order valence-corrected chi connectivity index (χ4v) is 4.07. The number of carboxylic acid groups (broad SMARTS) is 1. The number of allylic oxidation sites excluding steroid dienone is 3. The van der Waals surface area contributed by atoms with Gasteiger partial charge in [0.05, 0.1) is 24.1 Å². The first-order valence-electron chi connectivity index (χ1n) is 9.27. The van der Waals surface area contributed by atoms with Crippen molar-refractivity contribution in [2.24, 2.45) is 0 Å². The van der Waals surface area contributed by atoms with E-state index in [0.717, 1.165) is 27.5 Å². The van der Waals surface area contributed by atoms with Gasteiger partial charge in [-0.15, -0.1) is 6.42 Å². The summed E-state index contributed by atoms with van der Waals surface area (Å²) in [5.74, 6) is 2.67. The van der Waals surface area contributed by atoms with Crippen molar-refractivity contribution in [3.63, 3.8) is 0 Å². The quantitative estimate of drug-likeness (QED) is 0.385. The van der Waals surface area contributed by atoms with Crippen LogP contribution in [0.25, 0.3) is 0 Å². The third-order valence-electron chi connectivity index (χ3n) is 4.53. The molecule has 1 aliphatic heterocycles. The first-order chi connectivity index (χ1) is 14.1. The predicted molar refractivity (Wildman–Crippen MR) is 117 cm³/mol. The summed E-state index contributed by atoms with van der Waals surface area (Å²) >= 11 is 1.59. The molecule has 148 valence electrons. The maximum atomic E-state index is 11.4. The number of aromatic carboxylic acids is 1. The van der Waals surface area contributed by atoms with E-state index in [0.29, 0.717) is 18.8 Å². The standard InChI is InChI=1S/C23H22N2O3S/c1-3-5-17(6-4-2)29-18-7-8-19-16(10-12-28-22(19)13-18)14-25-21-15-24-11-9-20(21)23(26)27/h1,4-9,11,13,15-16,25H,10,12,14H2,2H3,(H,26,27)/b6-4-,17-5+. The second-order valence-corrected chi connectivity index (χ2v) is 7.60. The molecule has 5 nitrogen and oxygen atoms in total. The number of thioether (sulfide) groups is 1. The molecular weight excluding hydrogens is 384 g/mol. The molecule has 6 heteroatoms. The highest BCUT2D eigenvalue weighted by atomic mass is 32.2. The number of hydrogen-bond acceptors (Lipinski definition) is 5. The molecule has 0 saturated heterocycles. The number of aromatic nitrogens is 1. The number of nitrogens with zero attached hydrogens (tertiary/aromatic N) is 1. The number of anilines is 1. The molecule has 0 spiro atoms. The fraction of sp³-hybridized carbons (Fsp3) is 0.217. The van der Waals surface area contributed by atoms with Crippen molar-refractivity contribution in [2.75, 3.05) is 18.5 Å². The second-order valence-electron chi connectivity index (χ2n) is 6.46. The molecule has 0 fully saturated rings. The van der Waals surface area contributed by atoms with Gasteiger partial charge in [-0.05, 0) is 37.1 Å². The van der Waals surface area contributed by atoms with Crippen molar-refractivity contribution < 1.29 is 14.6 Å². The minimum Gasteiger partial charge on any atom is -0.493 e. The minimum atomic E-state index is -0.971. The molecule has 2 heterocycles. The Hall–Kier alpha value is -3.17. The Balaban J connectivity index is 1.75. The first-order valence-corrected chi connectivity index (χ1v) is 10.1. The zero-order valence-electron chi connectivity index (χ0n) is 16.1.